The summed E-state index contributed by atoms with van der Waals surface area (Å²) in [5.41, 5.74) is 1.98. The van der Waals surface area contributed by atoms with Crippen molar-refractivity contribution in [1.82, 2.24) is 4.98 Å². The van der Waals surface area contributed by atoms with E-state index in [1.807, 2.05) is 30.3 Å². The van der Waals surface area contributed by atoms with Crippen molar-refractivity contribution in [2.24, 2.45) is 0 Å². The number of pyridine rings is 1. The molecule has 1 aromatic carbocycles. The van der Waals surface area contributed by atoms with Gasteiger partial charge in [-0.3, -0.25) is 4.98 Å². The standard InChI is InChI=1S/C12H9BrFN/c13-6-10-7-15-8-11(12(10)14)9-4-2-1-3-5-9/h1-5,7-8H,6H2. The van der Waals surface area contributed by atoms with E-state index >= 15 is 0 Å². The Hall–Kier alpha value is -1.22. The topological polar surface area (TPSA) is 12.9 Å². The van der Waals surface area contributed by atoms with Crippen LogP contribution in [-0.2, 0) is 5.33 Å². The van der Waals surface area contributed by atoms with Gasteiger partial charge in [-0.25, -0.2) is 4.39 Å². The molecule has 3 heteroatoms. The molecule has 1 nitrogen and oxygen atoms in total. The van der Waals surface area contributed by atoms with Crippen LogP contribution >= 0.6 is 15.9 Å². The van der Waals surface area contributed by atoms with E-state index in [1.165, 1.54) is 6.20 Å². The summed E-state index contributed by atoms with van der Waals surface area (Å²) < 4.78 is 13.9. The van der Waals surface area contributed by atoms with Crippen molar-refractivity contribution >= 4 is 15.9 Å². The highest BCUT2D eigenvalue weighted by Crippen LogP contribution is 2.24. The van der Waals surface area contributed by atoms with Gasteiger partial charge in [0.1, 0.15) is 5.82 Å². The van der Waals surface area contributed by atoms with Crippen molar-refractivity contribution in [2.75, 3.05) is 0 Å². The van der Waals surface area contributed by atoms with Crippen molar-refractivity contribution in [3.8, 4) is 11.1 Å². The first-order valence-electron chi connectivity index (χ1n) is 4.56. The Kier molecular flexibility index (Phi) is 3.11. The maximum Gasteiger partial charge on any atom is 0.138 e. The van der Waals surface area contributed by atoms with E-state index in [2.05, 4.69) is 20.9 Å². The summed E-state index contributed by atoms with van der Waals surface area (Å²) in [6.45, 7) is 0. The number of nitrogens with zero attached hydrogens (tertiary/aromatic N) is 1. The van der Waals surface area contributed by atoms with Crippen LogP contribution in [0.3, 0.4) is 0 Å². The number of hydrogen-bond donors (Lipinski definition) is 0. The highest BCUT2D eigenvalue weighted by molar-refractivity contribution is 9.08. The summed E-state index contributed by atoms with van der Waals surface area (Å²) in [6, 6.07) is 9.42. The van der Waals surface area contributed by atoms with E-state index in [-0.39, 0.29) is 5.82 Å². The molecule has 1 aromatic heterocycles. The van der Waals surface area contributed by atoms with Crippen LogP contribution in [0.5, 0.6) is 0 Å². The molecule has 0 saturated heterocycles. The van der Waals surface area contributed by atoms with Gasteiger partial charge in [0, 0.05) is 28.9 Å². The van der Waals surface area contributed by atoms with Crippen LogP contribution in [0.25, 0.3) is 11.1 Å². The van der Waals surface area contributed by atoms with Crippen LogP contribution in [-0.4, -0.2) is 4.98 Å². The van der Waals surface area contributed by atoms with E-state index in [0.29, 0.717) is 16.5 Å². The van der Waals surface area contributed by atoms with Gasteiger partial charge in [-0.15, -0.1) is 0 Å². The minimum Gasteiger partial charge on any atom is -0.264 e. The molecule has 0 N–H and O–H groups in total. The summed E-state index contributed by atoms with van der Waals surface area (Å²) >= 11 is 3.24. The van der Waals surface area contributed by atoms with Gasteiger partial charge < -0.3 is 0 Å². The molecule has 0 amide bonds. The average Bonchev–Trinajstić information content (AvgIpc) is 2.30. The molecule has 0 spiro atoms. The third kappa shape index (κ3) is 2.07. The molecule has 0 saturated carbocycles. The van der Waals surface area contributed by atoms with Gasteiger partial charge in [0.05, 0.1) is 0 Å². The lowest BCUT2D eigenvalue weighted by molar-refractivity contribution is 0.618. The number of hydrogen-bond acceptors (Lipinski definition) is 1. The van der Waals surface area contributed by atoms with Gasteiger partial charge >= 0.3 is 0 Å². The fraction of sp³-hybridized carbons (Fsp3) is 0.0833. The second kappa shape index (κ2) is 4.53. The van der Waals surface area contributed by atoms with Gasteiger partial charge in [-0.1, -0.05) is 46.3 Å². The molecule has 0 radical (unpaired) electrons. The summed E-state index contributed by atoms with van der Waals surface area (Å²) in [5, 5.41) is 0.479. The molecule has 2 rings (SSSR count). The van der Waals surface area contributed by atoms with Crippen LogP contribution in [0.1, 0.15) is 5.56 Å². The molecule has 0 fully saturated rings. The van der Waals surface area contributed by atoms with Crippen molar-refractivity contribution in [3.63, 3.8) is 0 Å². The van der Waals surface area contributed by atoms with Crippen molar-refractivity contribution in [2.45, 2.75) is 5.33 Å². The lowest BCUT2D eigenvalue weighted by Gasteiger charge is -2.05. The molecule has 76 valence electrons. The van der Waals surface area contributed by atoms with Crippen molar-refractivity contribution in [1.29, 1.82) is 0 Å². The van der Waals surface area contributed by atoms with Gasteiger partial charge in [0.15, 0.2) is 0 Å². The predicted molar refractivity (Wildman–Crippen MR) is 62.3 cm³/mol. The fourth-order valence-electron chi connectivity index (χ4n) is 1.40. The lowest BCUT2D eigenvalue weighted by Crippen LogP contribution is -1.92. The SMILES string of the molecule is Fc1c(CBr)cncc1-c1ccccc1. The first-order valence-corrected chi connectivity index (χ1v) is 5.69. The quantitative estimate of drug-likeness (QED) is 0.754. The fourth-order valence-corrected chi connectivity index (χ4v) is 1.79. The number of alkyl halides is 1. The predicted octanol–water partition coefficient (Wildman–Crippen LogP) is 3.78. The molecular weight excluding hydrogens is 257 g/mol. The Morgan fingerprint density at radius 2 is 1.87 bits per heavy atom. The summed E-state index contributed by atoms with van der Waals surface area (Å²) in [4.78, 5) is 4.02. The molecular formula is C12H9BrFN. The van der Waals surface area contributed by atoms with Crippen LogP contribution in [0.15, 0.2) is 42.7 Å². The van der Waals surface area contributed by atoms with Crippen LogP contribution in [0.4, 0.5) is 4.39 Å². The van der Waals surface area contributed by atoms with Gasteiger partial charge in [0.25, 0.3) is 0 Å². The second-order valence-corrected chi connectivity index (χ2v) is 3.72. The maximum absolute atomic E-state index is 13.9. The Balaban J connectivity index is 2.54. The third-order valence-electron chi connectivity index (χ3n) is 2.18. The zero-order valence-corrected chi connectivity index (χ0v) is 9.54. The highest BCUT2D eigenvalue weighted by Gasteiger charge is 2.08. The maximum atomic E-state index is 13.9. The molecule has 0 aliphatic heterocycles. The van der Waals surface area contributed by atoms with E-state index < -0.39 is 0 Å². The van der Waals surface area contributed by atoms with E-state index in [0.717, 1.165) is 5.56 Å². The molecule has 15 heavy (non-hydrogen) atoms. The molecule has 2 aromatic rings. The van der Waals surface area contributed by atoms with Crippen LogP contribution < -0.4 is 0 Å². The summed E-state index contributed by atoms with van der Waals surface area (Å²) in [5.74, 6) is -0.201. The Morgan fingerprint density at radius 3 is 2.53 bits per heavy atom. The van der Waals surface area contributed by atoms with Crippen LogP contribution in [0, 0.1) is 5.82 Å². The number of aromatic nitrogens is 1. The Morgan fingerprint density at radius 1 is 1.13 bits per heavy atom. The van der Waals surface area contributed by atoms with E-state index in [9.17, 15) is 4.39 Å². The average molecular weight is 266 g/mol. The number of benzene rings is 1. The zero-order chi connectivity index (χ0) is 10.7. The molecule has 0 unspecified atom stereocenters. The Labute approximate surface area is 96.1 Å². The van der Waals surface area contributed by atoms with Crippen molar-refractivity contribution in [3.05, 3.63) is 54.1 Å². The number of rotatable bonds is 2. The second-order valence-electron chi connectivity index (χ2n) is 3.16. The van der Waals surface area contributed by atoms with E-state index in [1.54, 1.807) is 6.20 Å². The molecule has 0 atom stereocenters. The van der Waals surface area contributed by atoms with Crippen molar-refractivity contribution < 1.29 is 4.39 Å². The normalized spacial score (nSPS) is 10.3. The monoisotopic (exact) mass is 265 g/mol. The minimum absolute atomic E-state index is 0.201. The molecule has 0 bridgehead atoms. The lowest BCUT2D eigenvalue weighted by atomic mass is 10.1. The Bertz CT molecular complexity index is 456. The smallest absolute Gasteiger partial charge is 0.138 e. The largest absolute Gasteiger partial charge is 0.264 e. The van der Waals surface area contributed by atoms with E-state index in [4.69, 9.17) is 0 Å². The van der Waals surface area contributed by atoms with Gasteiger partial charge in [-0.05, 0) is 5.56 Å². The number of halogens is 2. The highest BCUT2D eigenvalue weighted by atomic mass is 79.9. The molecule has 1 heterocycles. The minimum atomic E-state index is -0.201. The first-order chi connectivity index (χ1) is 7.33. The van der Waals surface area contributed by atoms with Gasteiger partial charge in [-0.2, -0.15) is 0 Å². The molecule has 0 aliphatic rings. The summed E-state index contributed by atoms with van der Waals surface area (Å²) in [6.07, 6.45) is 3.09. The molecule has 0 aliphatic carbocycles. The first kappa shape index (κ1) is 10.3. The zero-order valence-electron chi connectivity index (χ0n) is 7.95. The van der Waals surface area contributed by atoms with Gasteiger partial charge in [0.2, 0.25) is 0 Å². The summed E-state index contributed by atoms with van der Waals surface area (Å²) in [7, 11) is 0. The third-order valence-corrected chi connectivity index (χ3v) is 2.79. The van der Waals surface area contributed by atoms with Crippen LogP contribution in [0.2, 0.25) is 0 Å².